The summed E-state index contributed by atoms with van der Waals surface area (Å²) in [6, 6.07) is 7.24. The molecule has 5 nitrogen and oxygen atoms in total. The van der Waals surface area contributed by atoms with Crippen LogP contribution in [0.1, 0.15) is 58.8 Å². The lowest BCUT2D eigenvalue weighted by Crippen LogP contribution is -2.43. The van der Waals surface area contributed by atoms with Gasteiger partial charge in [-0.25, -0.2) is 0 Å². The summed E-state index contributed by atoms with van der Waals surface area (Å²) in [7, 11) is 0. The predicted octanol–water partition coefficient (Wildman–Crippen LogP) is 3.89. The number of ether oxygens (including phenoxy) is 1. The second-order valence-corrected chi connectivity index (χ2v) is 6.96. The van der Waals surface area contributed by atoms with E-state index in [2.05, 4.69) is 24.5 Å². The van der Waals surface area contributed by atoms with Gasteiger partial charge in [0.05, 0.1) is 6.61 Å². The fraction of sp³-hybridized carbons (Fsp3) is 0.600. The van der Waals surface area contributed by atoms with Crippen LogP contribution in [0, 0.1) is 5.92 Å². The summed E-state index contributed by atoms with van der Waals surface area (Å²) >= 11 is 0. The van der Waals surface area contributed by atoms with Gasteiger partial charge in [0.2, 0.25) is 0 Å². The Bertz CT molecular complexity index is 549. The molecule has 0 atom stereocenters. The van der Waals surface area contributed by atoms with Gasteiger partial charge in [0.25, 0.3) is 0 Å². The van der Waals surface area contributed by atoms with Gasteiger partial charge >= 0.3 is 11.8 Å². The van der Waals surface area contributed by atoms with E-state index < -0.39 is 11.8 Å². The summed E-state index contributed by atoms with van der Waals surface area (Å²) in [6.45, 7) is 5.08. The average molecular weight is 346 g/mol. The highest BCUT2D eigenvalue weighted by Gasteiger charge is 2.22. The highest BCUT2D eigenvalue weighted by molar-refractivity contribution is 6.39. The van der Waals surface area contributed by atoms with Gasteiger partial charge in [0, 0.05) is 11.7 Å². The van der Waals surface area contributed by atoms with Crippen molar-refractivity contribution in [1.82, 2.24) is 5.32 Å². The fourth-order valence-corrected chi connectivity index (χ4v) is 3.02. The van der Waals surface area contributed by atoms with Gasteiger partial charge in [-0.2, -0.15) is 0 Å². The molecule has 25 heavy (non-hydrogen) atoms. The number of carbonyl (C=O) groups excluding carboxylic acids is 2. The number of hydrogen-bond donors (Lipinski definition) is 2. The normalized spacial score (nSPS) is 19.9. The molecule has 0 aliphatic heterocycles. The van der Waals surface area contributed by atoms with Crippen LogP contribution in [0.5, 0.6) is 5.75 Å². The van der Waals surface area contributed by atoms with Gasteiger partial charge in [-0.1, -0.05) is 26.7 Å². The number of anilines is 1. The molecule has 0 heterocycles. The topological polar surface area (TPSA) is 67.4 Å². The molecule has 0 radical (unpaired) electrons. The van der Waals surface area contributed by atoms with E-state index in [1.54, 1.807) is 12.1 Å². The van der Waals surface area contributed by atoms with Crippen molar-refractivity contribution in [2.24, 2.45) is 5.92 Å². The van der Waals surface area contributed by atoms with Crippen molar-refractivity contribution >= 4 is 17.5 Å². The van der Waals surface area contributed by atoms with Gasteiger partial charge in [-0.3, -0.25) is 9.59 Å². The van der Waals surface area contributed by atoms with Gasteiger partial charge in [0.1, 0.15) is 5.75 Å². The third-order valence-electron chi connectivity index (χ3n) is 4.69. The van der Waals surface area contributed by atoms with E-state index >= 15 is 0 Å². The smallest absolute Gasteiger partial charge is 0.313 e. The minimum Gasteiger partial charge on any atom is -0.494 e. The molecule has 2 rings (SSSR count). The molecule has 1 aromatic carbocycles. The van der Waals surface area contributed by atoms with E-state index in [4.69, 9.17) is 4.74 Å². The molecule has 0 spiro atoms. The van der Waals surface area contributed by atoms with Crippen molar-refractivity contribution in [3.05, 3.63) is 24.3 Å². The van der Waals surface area contributed by atoms with E-state index in [1.807, 2.05) is 12.1 Å². The number of carbonyl (C=O) groups is 2. The minimum absolute atomic E-state index is 0.119. The van der Waals surface area contributed by atoms with Crippen molar-refractivity contribution in [2.75, 3.05) is 11.9 Å². The second-order valence-electron chi connectivity index (χ2n) is 6.96. The molecule has 2 N–H and O–H groups in total. The molecule has 138 valence electrons. The monoisotopic (exact) mass is 346 g/mol. The van der Waals surface area contributed by atoms with Gasteiger partial charge in [0.15, 0.2) is 0 Å². The van der Waals surface area contributed by atoms with Gasteiger partial charge in [-0.05, 0) is 62.3 Å². The summed E-state index contributed by atoms with van der Waals surface area (Å²) in [5.74, 6) is 0.314. The highest BCUT2D eigenvalue weighted by atomic mass is 16.5. The van der Waals surface area contributed by atoms with Crippen LogP contribution >= 0.6 is 0 Å². The molecule has 0 bridgehead atoms. The Morgan fingerprint density at radius 2 is 1.72 bits per heavy atom. The molecule has 1 aromatic rings. The average Bonchev–Trinajstić information content (AvgIpc) is 2.62. The molecular formula is C20H30N2O3. The Morgan fingerprint density at radius 1 is 1.04 bits per heavy atom. The Hall–Kier alpha value is -2.04. The molecule has 1 fully saturated rings. The second kappa shape index (κ2) is 10.1. The molecule has 2 amide bonds. The lowest BCUT2D eigenvalue weighted by atomic mass is 9.87. The Balaban J connectivity index is 1.74. The Labute approximate surface area is 150 Å². The molecule has 0 unspecified atom stereocenters. The van der Waals surface area contributed by atoms with Gasteiger partial charge in [-0.15, -0.1) is 0 Å². The van der Waals surface area contributed by atoms with Crippen LogP contribution in [0.3, 0.4) is 0 Å². The largest absolute Gasteiger partial charge is 0.494 e. The zero-order chi connectivity index (χ0) is 18.1. The summed E-state index contributed by atoms with van der Waals surface area (Å²) in [5, 5.41) is 5.47. The van der Waals surface area contributed by atoms with Crippen LogP contribution in [0.4, 0.5) is 5.69 Å². The van der Waals surface area contributed by atoms with Crippen molar-refractivity contribution in [3.8, 4) is 5.75 Å². The summed E-state index contributed by atoms with van der Waals surface area (Å²) in [5.41, 5.74) is 0.596. The maximum Gasteiger partial charge on any atom is 0.313 e. The first-order chi connectivity index (χ1) is 12.1. The summed E-state index contributed by atoms with van der Waals surface area (Å²) < 4.78 is 5.63. The SMILES string of the molecule is CCCCCOc1ccc(NC(=O)C(=O)NC2CCC(C)CC2)cc1. The quantitative estimate of drug-likeness (QED) is 0.581. The molecule has 0 aromatic heterocycles. The lowest BCUT2D eigenvalue weighted by Gasteiger charge is -2.26. The lowest BCUT2D eigenvalue weighted by molar-refractivity contribution is -0.136. The summed E-state index contributed by atoms with van der Waals surface area (Å²) in [6.07, 6.45) is 7.46. The molecule has 5 heteroatoms. The van der Waals surface area contributed by atoms with Crippen LogP contribution in [-0.4, -0.2) is 24.5 Å². The molecule has 1 aliphatic rings. The number of rotatable bonds is 7. The Morgan fingerprint density at radius 3 is 2.36 bits per heavy atom. The van der Waals surface area contributed by atoms with E-state index in [0.717, 1.165) is 50.7 Å². The van der Waals surface area contributed by atoms with E-state index in [-0.39, 0.29) is 6.04 Å². The summed E-state index contributed by atoms with van der Waals surface area (Å²) in [4.78, 5) is 24.0. The standard InChI is InChI=1S/C20H30N2O3/c1-3-4-5-14-25-18-12-10-17(11-13-18)22-20(24)19(23)21-16-8-6-15(2)7-9-16/h10-13,15-16H,3-9,14H2,1-2H3,(H,21,23)(H,22,24). The van der Waals surface area contributed by atoms with Crippen LogP contribution in [0.15, 0.2) is 24.3 Å². The van der Waals surface area contributed by atoms with Crippen molar-refractivity contribution in [3.63, 3.8) is 0 Å². The molecule has 1 saturated carbocycles. The van der Waals surface area contributed by atoms with Crippen molar-refractivity contribution < 1.29 is 14.3 Å². The first-order valence-corrected chi connectivity index (χ1v) is 9.43. The predicted molar refractivity (Wildman–Crippen MR) is 99.7 cm³/mol. The number of benzene rings is 1. The van der Waals surface area contributed by atoms with E-state index in [0.29, 0.717) is 18.2 Å². The van der Waals surface area contributed by atoms with Crippen LogP contribution in [0.2, 0.25) is 0 Å². The maximum atomic E-state index is 12.0. The van der Waals surface area contributed by atoms with E-state index in [9.17, 15) is 9.59 Å². The van der Waals surface area contributed by atoms with E-state index in [1.165, 1.54) is 0 Å². The van der Waals surface area contributed by atoms with Crippen LogP contribution in [0.25, 0.3) is 0 Å². The number of nitrogens with one attached hydrogen (secondary N) is 2. The molecule has 0 saturated heterocycles. The number of unbranched alkanes of at least 4 members (excludes halogenated alkanes) is 2. The van der Waals surface area contributed by atoms with Crippen LogP contribution < -0.4 is 15.4 Å². The third kappa shape index (κ3) is 6.77. The minimum atomic E-state index is -0.616. The van der Waals surface area contributed by atoms with Gasteiger partial charge < -0.3 is 15.4 Å². The zero-order valence-corrected chi connectivity index (χ0v) is 15.3. The number of hydrogen-bond acceptors (Lipinski definition) is 3. The molecule has 1 aliphatic carbocycles. The first kappa shape index (κ1) is 19.3. The first-order valence-electron chi connectivity index (χ1n) is 9.43. The molecular weight excluding hydrogens is 316 g/mol. The Kier molecular flexibility index (Phi) is 7.76. The van der Waals surface area contributed by atoms with Crippen molar-refractivity contribution in [2.45, 2.75) is 64.8 Å². The van der Waals surface area contributed by atoms with Crippen molar-refractivity contribution in [1.29, 1.82) is 0 Å². The number of amides is 2. The fourth-order valence-electron chi connectivity index (χ4n) is 3.02. The zero-order valence-electron chi connectivity index (χ0n) is 15.3. The maximum absolute atomic E-state index is 12.0. The van der Waals surface area contributed by atoms with Crippen LogP contribution in [-0.2, 0) is 9.59 Å². The third-order valence-corrected chi connectivity index (χ3v) is 4.69. The highest BCUT2D eigenvalue weighted by Crippen LogP contribution is 2.23.